The molecule has 0 bridgehead atoms. The average Bonchev–Trinajstić information content (AvgIpc) is 2.54. The van der Waals surface area contributed by atoms with Crippen molar-refractivity contribution in [3.05, 3.63) is 0 Å². The summed E-state index contributed by atoms with van der Waals surface area (Å²) in [6.07, 6.45) is 1.38. The molecule has 1 fully saturated rings. The van der Waals surface area contributed by atoms with E-state index >= 15 is 0 Å². The number of nitrogens with zero attached hydrogens (tertiary/aromatic N) is 2. The van der Waals surface area contributed by atoms with E-state index in [1.54, 1.807) is 6.92 Å². The summed E-state index contributed by atoms with van der Waals surface area (Å²) in [6.45, 7) is 6.96. The maximum Gasteiger partial charge on any atom is 0.307 e. The second-order valence-corrected chi connectivity index (χ2v) is 4.52. The summed E-state index contributed by atoms with van der Waals surface area (Å²) in [5.41, 5.74) is 0. The zero-order valence-corrected chi connectivity index (χ0v) is 10.9. The summed E-state index contributed by atoms with van der Waals surface area (Å²) in [6, 6.07) is 0.175. The standard InChI is InChI=1S/C12H22N2O3/c1-10(9-12(16)17-3)13-5-4-6-14(8-7-13)11(2)15/h10H,4-9H2,1-3H3. The average molecular weight is 242 g/mol. The minimum atomic E-state index is -0.176. The third kappa shape index (κ3) is 4.34. The fourth-order valence-corrected chi connectivity index (χ4v) is 2.15. The first kappa shape index (κ1) is 14.0. The Kier molecular flexibility index (Phi) is 5.41. The number of ether oxygens (including phenoxy) is 1. The zero-order chi connectivity index (χ0) is 12.8. The summed E-state index contributed by atoms with van der Waals surface area (Å²) in [4.78, 5) is 26.6. The van der Waals surface area contributed by atoms with Crippen molar-refractivity contribution in [2.45, 2.75) is 32.7 Å². The Labute approximate surface area is 103 Å². The summed E-state index contributed by atoms with van der Waals surface area (Å²) in [5, 5.41) is 0. The lowest BCUT2D eigenvalue weighted by molar-refractivity contribution is -0.142. The minimum Gasteiger partial charge on any atom is -0.469 e. The minimum absolute atomic E-state index is 0.132. The Morgan fingerprint density at radius 1 is 1.24 bits per heavy atom. The smallest absolute Gasteiger partial charge is 0.307 e. The molecule has 1 rings (SSSR count). The number of carbonyl (C=O) groups is 2. The molecule has 0 radical (unpaired) electrons. The lowest BCUT2D eigenvalue weighted by atomic mass is 10.2. The van der Waals surface area contributed by atoms with Crippen LogP contribution >= 0.6 is 0 Å². The van der Waals surface area contributed by atoms with Crippen molar-refractivity contribution in [1.82, 2.24) is 9.80 Å². The number of hydrogen-bond acceptors (Lipinski definition) is 4. The molecule has 1 atom stereocenters. The van der Waals surface area contributed by atoms with Crippen molar-refractivity contribution in [2.24, 2.45) is 0 Å². The first-order valence-electron chi connectivity index (χ1n) is 6.11. The number of hydrogen-bond donors (Lipinski definition) is 0. The highest BCUT2D eigenvalue weighted by atomic mass is 16.5. The molecule has 0 aromatic rings. The maximum atomic E-state index is 11.3. The zero-order valence-electron chi connectivity index (χ0n) is 10.9. The van der Waals surface area contributed by atoms with Crippen molar-refractivity contribution in [3.8, 4) is 0 Å². The molecule has 0 aromatic carbocycles. The molecule has 17 heavy (non-hydrogen) atoms. The van der Waals surface area contributed by atoms with Crippen LogP contribution in [0, 0.1) is 0 Å². The third-order valence-corrected chi connectivity index (χ3v) is 3.29. The van der Waals surface area contributed by atoms with E-state index in [1.807, 2.05) is 11.8 Å². The van der Waals surface area contributed by atoms with Gasteiger partial charge in [-0.25, -0.2) is 0 Å². The van der Waals surface area contributed by atoms with E-state index in [0.29, 0.717) is 6.42 Å². The van der Waals surface area contributed by atoms with E-state index in [-0.39, 0.29) is 17.9 Å². The summed E-state index contributed by atoms with van der Waals surface area (Å²) in [5.74, 6) is -0.0439. The molecule has 1 unspecified atom stereocenters. The lowest BCUT2D eigenvalue weighted by Gasteiger charge is -2.26. The molecular formula is C12H22N2O3. The lowest BCUT2D eigenvalue weighted by Crippen LogP contribution is -2.38. The van der Waals surface area contributed by atoms with Gasteiger partial charge in [0.25, 0.3) is 0 Å². The predicted molar refractivity (Wildman–Crippen MR) is 64.5 cm³/mol. The normalized spacial score (nSPS) is 19.6. The highest BCUT2D eigenvalue weighted by Crippen LogP contribution is 2.10. The molecule has 0 N–H and O–H groups in total. The van der Waals surface area contributed by atoms with Crippen molar-refractivity contribution >= 4 is 11.9 Å². The van der Waals surface area contributed by atoms with Crippen LogP contribution in [0.4, 0.5) is 0 Å². The largest absolute Gasteiger partial charge is 0.469 e. The van der Waals surface area contributed by atoms with E-state index < -0.39 is 0 Å². The first-order chi connectivity index (χ1) is 8.04. The fraction of sp³-hybridized carbons (Fsp3) is 0.833. The number of amides is 1. The number of methoxy groups -OCH3 is 1. The van der Waals surface area contributed by atoms with Gasteiger partial charge in [0, 0.05) is 39.1 Å². The monoisotopic (exact) mass is 242 g/mol. The highest BCUT2D eigenvalue weighted by Gasteiger charge is 2.21. The second kappa shape index (κ2) is 6.59. The predicted octanol–water partition coefficient (Wildman–Crippen LogP) is 0.492. The van der Waals surface area contributed by atoms with Crippen molar-refractivity contribution in [1.29, 1.82) is 0 Å². The molecule has 1 heterocycles. The van der Waals surface area contributed by atoms with Gasteiger partial charge in [0.15, 0.2) is 0 Å². The van der Waals surface area contributed by atoms with Crippen LogP contribution in [0.25, 0.3) is 0 Å². The topological polar surface area (TPSA) is 49.9 Å². The first-order valence-corrected chi connectivity index (χ1v) is 6.11. The Bertz CT molecular complexity index is 281. The van der Waals surface area contributed by atoms with E-state index in [1.165, 1.54) is 7.11 Å². The molecule has 98 valence electrons. The van der Waals surface area contributed by atoms with Gasteiger partial charge < -0.3 is 9.64 Å². The van der Waals surface area contributed by atoms with Crippen LogP contribution in [-0.2, 0) is 14.3 Å². The van der Waals surface area contributed by atoms with E-state index in [2.05, 4.69) is 9.64 Å². The van der Waals surface area contributed by atoms with E-state index in [9.17, 15) is 9.59 Å². The Balaban J connectivity index is 2.45. The number of esters is 1. The van der Waals surface area contributed by atoms with Crippen molar-refractivity contribution in [2.75, 3.05) is 33.3 Å². The molecule has 0 spiro atoms. The van der Waals surface area contributed by atoms with Crippen molar-refractivity contribution < 1.29 is 14.3 Å². The highest BCUT2D eigenvalue weighted by molar-refractivity contribution is 5.73. The summed E-state index contributed by atoms with van der Waals surface area (Å²) < 4.78 is 4.67. The van der Waals surface area contributed by atoms with E-state index in [4.69, 9.17) is 0 Å². The Morgan fingerprint density at radius 3 is 2.53 bits per heavy atom. The Hall–Kier alpha value is -1.10. The van der Waals surface area contributed by atoms with Crippen LogP contribution in [0.3, 0.4) is 0 Å². The van der Waals surface area contributed by atoms with Gasteiger partial charge >= 0.3 is 5.97 Å². The van der Waals surface area contributed by atoms with Gasteiger partial charge in [-0.05, 0) is 13.3 Å². The van der Waals surface area contributed by atoms with Crippen LogP contribution in [0.1, 0.15) is 26.7 Å². The van der Waals surface area contributed by atoms with Gasteiger partial charge in [0.2, 0.25) is 5.91 Å². The van der Waals surface area contributed by atoms with Crippen molar-refractivity contribution in [3.63, 3.8) is 0 Å². The Morgan fingerprint density at radius 2 is 1.94 bits per heavy atom. The van der Waals surface area contributed by atoms with E-state index in [0.717, 1.165) is 32.6 Å². The number of carbonyl (C=O) groups excluding carboxylic acids is 2. The summed E-state index contributed by atoms with van der Waals surface area (Å²) in [7, 11) is 1.41. The van der Waals surface area contributed by atoms with Crippen LogP contribution < -0.4 is 0 Å². The van der Waals surface area contributed by atoms with Gasteiger partial charge in [-0.3, -0.25) is 14.5 Å². The van der Waals surface area contributed by atoms with Gasteiger partial charge in [-0.2, -0.15) is 0 Å². The van der Waals surface area contributed by atoms with Crippen LogP contribution in [0.5, 0.6) is 0 Å². The third-order valence-electron chi connectivity index (χ3n) is 3.29. The molecule has 1 amide bonds. The molecule has 1 aliphatic rings. The maximum absolute atomic E-state index is 11.3. The van der Waals surface area contributed by atoms with Gasteiger partial charge in [-0.1, -0.05) is 0 Å². The fourth-order valence-electron chi connectivity index (χ4n) is 2.15. The molecule has 5 nitrogen and oxygen atoms in total. The number of rotatable bonds is 3. The van der Waals surface area contributed by atoms with Gasteiger partial charge in [-0.15, -0.1) is 0 Å². The molecule has 1 aliphatic heterocycles. The molecule has 0 aromatic heterocycles. The van der Waals surface area contributed by atoms with Crippen LogP contribution in [0.2, 0.25) is 0 Å². The molecule has 5 heteroatoms. The molecular weight excluding hydrogens is 220 g/mol. The molecule has 1 saturated heterocycles. The molecule has 0 aliphatic carbocycles. The quantitative estimate of drug-likeness (QED) is 0.676. The van der Waals surface area contributed by atoms with Gasteiger partial charge in [0.1, 0.15) is 0 Å². The van der Waals surface area contributed by atoms with Crippen LogP contribution in [0.15, 0.2) is 0 Å². The second-order valence-electron chi connectivity index (χ2n) is 4.52. The SMILES string of the molecule is COC(=O)CC(C)N1CCCN(C(C)=O)CC1. The molecule has 0 saturated carbocycles. The van der Waals surface area contributed by atoms with Crippen LogP contribution in [-0.4, -0.2) is 61.0 Å². The summed E-state index contributed by atoms with van der Waals surface area (Å²) >= 11 is 0. The van der Waals surface area contributed by atoms with Gasteiger partial charge in [0.05, 0.1) is 13.5 Å².